The fourth-order valence-electron chi connectivity index (χ4n) is 15.9. The standard InChI is InChI=1S/C83H110ClN11O25/c1-9-10-11-12-13-14-15-16-26-89-76(108)63-46-31-43(97)32-51(99)60(46)59-45(18-17-19-50(59)98)62-78(110)95-65(80(112)93-63)69(118-57-34-82(6,86)72(104)38(4)113-57)40-20-23-44(24-21-40)115-53-29-42-30-54(70(53)120-81-71(68(103)67(102)55(36-96)117-81)119-58-35-83(7,87)73(105)39(5)114-58)116-52-25-22-41(28-47(52)84)66(101)64(94-74(106)48(88-8)27-37(2)3)79(111)90-49(33-56(85)100)75(107)91-61(42)77(109)92-62/h17-25,28-32,37-39,48-49,55,57-58,61-69,71-73,81,88,96-99,101-105H,9-16,26-27,33-36,86-87H2,1-8H3,(H2,85,100)(H,89,108)(H,90,111)(H,91,107)(H,92,109)(H,93,112)(H,94,106)(H,95,110). The SMILES string of the molecule is CCCCCCCCCCNC(=O)C1NC(=O)C2NC(=O)C(NC(=O)C3NC(=O)C(CC(N)=O)NC(=O)C(NC(=O)C(CC(C)C)NC)C(O)c4ccc(c(Cl)c4)Oc4cc3cc(c4OC3OC(CO)C(O)C(O)C3OC3CC(C)(N)C(O)C(C)O3)Oc3ccc(cc3)C2OC2CC(C)(N)C(O)C(C)O2)c2cccc(O)c2-c2c(O)cc(O)cc21. The number of unbranched alkanes of at least 4 members (excludes halogenated alkanes) is 7. The van der Waals surface area contributed by atoms with Crippen LogP contribution in [0.4, 0.5) is 0 Å². The van der Waals surface area contributed by atoms with Gasteiger partial charge in [-0.15, -0.1) is 0 Å². The van der Waals surface area contributed by atoms with Crippen LogP contribution in [0, 0.1) is 5.92 Å². The Morgan fingerprint density at radius 2 is 1.26 bits per heavy atom. The van der Waals surface area contributed by atoms with Crippen LogP contribution in [-0.4, -0.2) is 216 Å². The summed E-state index contributed by atoms with van der Waals surface area (Å²) in [5.41, 5.74) is 14.0. The molecule has 120 heavy (non-hydrogen) atoms. The number of aromatic hydroxyl groups is 3. The van der Waals surface area contributed by atoms with E-state index in [9.17, 15) is 55.5 Å². The summed E-state index contributed by atoms with van der Waals surface area (Å²) in [6.07, 6.45) is -15.1. The summed E-state index contributed by atoms with van der Waals surface area (Å²) in [5, 5.41) is 127. The minimum atomic E-state index is -2.37. The molecule has 36 nitrogen and oxygen atoms in total. The highest BCUT2D eigenvalue weighted by Gasteiger charge is 2.53. The van der Waals surface area contributed by atoms with E-state index in [0.29, 0.717) is 12.8 Å². The minimum absolute atomic E-state index is 0.0161. The summed E-state index contributed by atoms with van der Waals surface area (Å²) >= 11 is 7.20. The number of aliphatic hydroxyl groups is 6. The van der Waals surface area contributed by atoms with E-state index in [1.165, 1.54) is 83.3 Å². The molecular weight excluding hydrogens is 1590 g/mol. The molecule has 0 radical (unpaired) electrons. The molecule has 23 N–H and O–H groups in total. The molecule has 3 saturated heterocycles. The highest BCUT2D eigenvalue weighted by Crippen LogP contribution is 2.51. The minimum Gasteiger partial charge on any atom is -0.508 e. The lowest BCUT2D eigenvalue weighted by molar-refractivity contribution is -0.333. The van der Waals surface area contributed by atoms with E-state index in [1.54, 1.807) is 0 Å². The van der Waals surface area contributed by atoms with Crippen molar-refractivity contribution in [3.63, 3.8) is 0 Å². The Hall–Kier alpha value is -9.61. The van der Waals surface area contributed by atoms with Crippen molar-refractivity contribution in [1.82, 2.24) is 42.5 Å². The van der Waals surface area contributed by atoms with E-state index in [1.807, 2.05) is 13.8 Å². The van der Waals surface area contributed by atoms with Crippen LogP contribution in [0.2, 0.25) is 5.02 Å². The van der Waals surface area contributed by atoms with Crippen LogP contribution < -0.4 is 73.9 Å². The fraction of sp³-hybridized carbons (Fsp3) is 0.542. The lowest BCUT2D eigenvalue weighted by Gasteiger charge is -2.47. The second-order valence-electron chi connectivity index (χ2n) is 32.5. The molecule has 654 valence electrons. The molecule has 0 spiro atoms. The zero-order valence-corrected chi connectivity index (χ0v) is 68.5. The second kappa shape index (κ2) is 39.1. The number of aliphatic hydroxyl groups excluding tert-OH is 6. The molecule has 22 unspecified atom stereocenters. The molecule has 8 amide bonds. The third-order valence-corrected chi connectivity index (χ3v) is 22.7. The largest absolute Gasteiger partial charge is 0.508 e. The predicted molar refractivity (Wildman–Crippen MR) is 429 cm³/mol. The number of fused-ring (bicyclic) bond motifs is 14. The van der Waals surface area contributed by atoms with Gasteiger partial charge in [0.1, 0.15) is 95.5 Å². The van der Waals surface area contributed by atoms with Crippen LogP contribution in [0.5, 0.6) is 46.0 Å². The first-order valence-electron chi connectivity index (χ1n) is 40.3. The number of primary amides is 1. The van der Waals surface area contributed by atoms with E-state index < -0.39 is 250 Å². The zero-order chi connectivity index (χ0) is 87.1. The number of amides is 8. The van der Waals surface area contributed by atoms with Gasteiger partial charge < -0.3 is 144 Å². The zero-order valence-electron chi connectivity index (χ0n) is 67.8. The number of rotatable bonds is 24. The van der Waals surface area contributed by atoms with Crippen molar-refractivity contribution in [2.45, 2.75) is 259 Å². The number of carbonyl (C=O) groups excluding carboxylic acids is 8. The molecule has 5 aromatic rings. The molecular formula is C83H110ClN11O25. The number of likely N-dealkylation sites (N-methyl/N-ethyl adjacent to an activating group) is 1. The number of hydrogen-bond acceptors (Lipinski definition) is 28. The predicted octanol–water partition coefficient (Wildman–Crippen LogP) is 2.86. The van der Waals surface area contributed by atoms with Gasteiger partial charge in [-0.1, -0.05) is 108 Å². The van der Waals surface area contributed by atoms with E-state index >= 15 is 28.8 Å². The first-order valence-corrected chi connectivity index (χ1v) is 40.7. The number of ether oxygens (including phenoxy) is 8. The third kappa shape index (κ3) is 20.9. The molecule has 37 heteroatoms. The summed E-state index contributed by atoms with van der Waals surface area (Å²) in [6.45, 7) is 10.9. The van der Waals surface area contributed by atoms with Gasteiger partial charge in [0.15, 0.2) is 30.2 Å². The summed E-state index contributed by atoms with van der Waals surface area (Å²) in [5.74, 6) is -14.3. The van der Waals surface area contributed by atoms with Crippen molar-refractivity contribution in [3.05, 3.63) is 118 Å². The number of phenols is 3. The molecule has 22 atom stereocenters. The number of benzene rings is 5. The van der Waals surface area contributed by atoms with Gasteiger partial charge in [0.2, 0.25) is 59.3 Å². The van der Waals surface area contributed by atoms with Crippen LogP contribution in [0.15, 0.2) is 84.9 Å². The van der Waals surface area contributed by atoms with E-state index in [2.05, 4.69) is 49.5 Å². The van der Waals surface area contributed by atoms with Crippen LogP contribution in [0.1, 0.15) is 184 Å². The maximum absolute atomic E-state index is 16.7. The molecule has 9 bridgehead atoms. The second-order valence-corrected chi connectivity index (χ2v) is 32.9. The molecule has 13 rings (SSSR count). The monoisotopic (exact) mass is 1700 g/mol. The molecule has 8 heterocycles. The van der Waals surface area contributed by atoms with Gasteiger partial charge in [0.25, 0.3) is 0 Å². The summed E-state index contributed by atoms with van der Waals surface area (Å²) in [4.78, 5) is 123. The topological polar surface area (TPSA) is 567 Å². The molecule has 5 aromatic carbocycles. The maximum atomic E-state index is 16.7. The maximum Gasteiger partial charge on any atom is 0.248 e. The number of phenolic OH excluding ortho intramolecular Hbond substituents is 3. The molecule has 0 aliphatic carbocycles. The van der Waals surface area contributed by atoms with Gasteiger partial charge in [0, 0.05) is 47.7 Å². The number of nitrogens with one attached hydrogen (secondary N) is 8. The van der Waals surface area contributed by atoms with Crippen molar-refractivity contribution in [3.8, 4) is 57.1 Å². The van der Waals surface area contributed by atoms with E-state index in [4.69, 9.17) is 66.7 Å². The number of hydrogen-bond donors (Lipinski definition) is 20. The van der Waals surface area contributed by atoms with Gasteiger partial charge in [0.05, 0.1) is 48.5 Å². The normalized spacial score (nSPS) is 30.5. The molecule has 8 aliphatic rings. The Morgan fingerprint density at radius 3 is 1.88 bits per heavy atom. The lowest BCUT2D eigenvalue weighted by Crippen LogP contribution is -2.64. The van der Waals surface area contributed by atoms with Crippen molar-refractivity contribution in [2.24, 2.45) is 23.1 Å². The first kappa shape index (κ1) is 91.1. The summed E-state index contributed by atoms with van der Waals surface area (Å²) < 4.78 is 52.4. The van der Waals surface area contributed by atoms with Gasteiger partial charge in [-0.2, -0.15) is 0 Å². The first-order chi connectivity index (χ1) is 56.9. The Balaban J connectivity index is 1.17. The highest BCUT2D eigenvalue weighted by atomic mass is 35.5. The van der Waals surface area contributed by atoms with Crippen molar-refractivity contribution >= 4 is 58.9 Å². The molecule has 8 aliphatic heterocycles. The van der Waals surface area contributed by atoms with E-state index in [0.717, 1.165) is 74.9 Å². The number of carbonyl (C=O) groups is 8. The summed E-state index contributed by atoms with van der Waals surface area (Å²) in [6, 6.07) is 2.75. The van der Waals surface area contributed by atoms with Crippen LogP contribution in [0.25, 0.3) is 11.1 Å². The third-order valence-electron chi connectivity index (χ3n) is 22.4. The van der Waals surface area contributed by atoms with Crippen molar-refractivity contribution in [2.75, 3.05) is 20.2 Å². The van der Waals surface area contributed by atoms with Gasteiger partial charge in [-0.05, 0) is 130 Å². The molecule has 3 fully saturated rings. The molecule has 0 saturated carbocycles. The number of halogens is 1. The smallest absolute Gasteiger partial charge is 0.248 e. The molecule has 0 aromatic heterocycles. The lowest BCUT2D eigenvalue weighted by atomic mass is 9.86. The van der Waals surface area contributed by atoms with Gasteiger partial charge in [-0.3, -0.25) is 38.4 Å². The Morgan fingerprint density at radius 1 is 0.650 bits per heavy atom. The van der Waals surface area contributed by atoms with Crippen LogP contribution in [0.3, 0.4) is 0 Å². The Labute approximate surface area is 697 Å². The average molecular weight is 1700 g/mol. The van der Waals surface area contributed by atoms with Crippen LogP contribution >= 0.6 is 11.6 Å². The quantitative estimate of drug-likeness (QED) is 0.0395. The van der Waals surface area contributed by atoms with Crippen molar-refractivity contribution < 1.29 is 122 Å². The summed E-state index contributed by atoms with van der Waals surface area (Å²) in [7, 11) is 1.49. The van der Waals surface area contributed by atoms with Crippen LogP contribution in [-0.2, 0) is 62.0 Å². The van der Waals surface area contributed by atoms with Gasteiger partial charge in [-0.25, -0.2) is 0 Å². The van der Waals surface area contributed by atoms with Gasteiger partial charge >= 0.3 is 0 Å². The van der Waals surface area contributed by atoms with Crippen molar-refractivity contribution in [1.29, 1.82) is 0 Å². The fourth-order valence-corrected chi connectivity index (χ4v) is 16.1. The number of nitrogens with two attached hydrogens (primary N) is 3. The average Bonchev–Trinajstić information content (AvgIpc) is 1.33. The Kier molecular flexibility index (Phi) is 29.7. The van der Waals surface area contributed by atoms with E-state index in [-0.39, 0.29) is 64.9 Å². The highest BCUT2D eigenvalue weighted by molar-refractivity contribution is 6.32. The Bertz CT molecular complexity index is 4540.